The standard InChI is InChI=1S/C15H25N3O2/c1-3-6-18-11-13(16)9-14(18)15(19)17(2)10-12-4-7-20-8-5-12/h9,11-12H,3-8,10,16H2,1-2H3. The van der Waals surface area contributed by atoms with Crippen LogP contribution in [0.3, 0.4) is 0 Å². The van der Waals surface area contributed by atoms with Gasteiger partial charge in [0, 0.05) is 39.5 Å². The molecule has 0 aliphatic carbocycles. The summed E-state index contributed by atoms with van der Waals surface area (Å²) in [6.07, 6.45) is 4.91. The Bertz CT molecular complexity index is 450. The van der Waals surface area contributed by atoms with Crippen LogP contribution < -0.4 is 5.73 Å². The van der Waals surface area contributed by atoms with Crippen LogP contribution in [0.2, 0.25) is 0 Å². The minimum absolute atomic E-state index is 0.0571. The smallest absolute Gasteiger partial charge is 0.270 e. The molecule has 20 heavy (non-hydrogen) atoms. The monoisotopic (exact) mass is 279 g/mol. The number of rotatable bonds is 5. The molecule has 1 aliphatic heterocycles. The summed E-state index contributed by atoms with van der Waals surface area (Å²) in [6, 6.07) is 1.78. The van der Waals surface area contributed by atoms with Gasteiger partial charge in [-0.2, -0.15) is 0 Å². The molecule has 1 fully saturated rings. The van der Waals surface area contributed by atoms with E-state index in [0.717, 1.165) is 45.6 Å². The third kappa shape index (κ3) is 3.54. The van der Waals surface area contributed by atoms with Gasteiger partial charge >= 0.3 is 0 Å². The minimum atomic E-state index is 0.0571. The van der Waals surface area contributed by atoms with Crippen LogP contribution in [0.25, 0.3) is 0 Å². The predicted molar refractivity (Wildman–Crippen MR) is 79.6 cm³/mol. The first kappa shape index (κ1) is 14.9. The zero-order valence-electron chi connectivity index (χ0n) is 12.5. The minimum Gasteiger partial charge on any atom is -0.397 e. The fourth-order valence-electron chi connectivity index (χ4n) is 2.73. The Morgan fingerprint density at radius 2 is 2.20 bits per heavy atom. The van der Waals surface area contributed by atoms with Crippen LogP contribution in [0, 0.1) is 5.92 Å². The molecule has 2 N–H and O–H groups in total. The van der Waals surface area contributed by atoms with Gasteiger partial charge in [0.05, 0.1) is 5.69 Å². The number of nitrogens with two attached hydrogens (primary N) is 1. The molecule has 0 aromatic carbocycles. The molecule has 0 radical (unpaired) electrons. The summed E-state index contributed by atoms with van der Waals surface area (Å²) in [5, 5.41) is 0. The predicted octanol–water partition coefficient (Wildman–Crippen LogP) is 1.98. The molecule has 1 aliphatic rings. The lowest BCUT2D eigenvalue weighted by atomic mass is 10.00. The number of carbonyl (C=O) groups excluding carboxylic acids is 1. The number of amides is 1. The molecule has 1 amide bonds. The Morgan fingerprint density at radius 1 is 1.50 bits per heavy atom. The fraction of sp³-hybridized carbons (Fsp3) is 0.667. The number of carbonyl (C=O) groups is 1. The van der Waals surface area contributed by atoms with Crippen molar-refractivity contribution in [2.75, 3.05) is 32.5 Å². The highest BCUT2D eigenvalue weighted by Gasteiger charge is 2.21. The van der Waals surface area contributed by atoms with E-state index in [-0.39, 0.29) is 5.91 Å². The second-order valence-corrected chi connectivity index (χ2v) is 5.59. The number of nitrogens with zero attached hydrogens (tertiary/aromatic N) is 2. The molecule has 0 bridgehead atoms. The van der Waals surface area contributed by atoms with Gasteiger partial charge in [-0.05, 0) is 31.2 Å². The van der Waals surface area contributed by atoms with E-state index in [4.69, 9.17) is 10.5 Å². The van der Waals surface area contributed by atoms with Crippen molar-refractivity contribution in [2.24, 2.45) is 5.92 Å². The van der Waals surface area contributed by atoms with Crippen molar-refractivity contribution < 1.29 is 9.53 Å². The van der Waals surface area contributed by atoms with Crippen molar-refractivity contribution in [1.82, 2.24) is 9.47 Å². The molecule has 112 valence electrons. The van der Waals surface area contributed by atoms with E-state index >= 15 is 0 Å². The third-order valence-electron chi connectivity index (χ3n) is 3.82. The second kappa shape index (κ2) is 6.79. The van der Waals surface area contributed by atoms with Gasteiger partial charge in [-0.3, -0.25) is 4.79 Å². The molecular formula is C15H25N3O2. The Morgan fingerprint density at radius 3 is 2.85 bits per heavy atom. The van der Waals surface area contributed by atoms with Crippen LogP contribution in [0.15, 0.2) is 12.3 Å². The first-order chi connectivity index (χ1) is 9.61. The summed E-state index contributed by atoms with van der Waals surface area (Å²) in [7, 11) is 1.87. The van der Waals surface area contributed by atoms with Crippen LogP contribution in [-0.4, -0.2) is 42.2 Å². The van der Waals surface area contributed by atoms with E-state index in [0.29, 0.717) is 17.3 Å². The van der Waals surface area contributed by atoms with Gasteiger partial charge in [0.25, 0.3) is 5.91 Å². The van der Waals surface area contributed by atoms with Crippen LogP contribution in [-0.2, 0) is 11.3 Å². The number of ether oxygens (including phenoxy) is 1. The average molecular weight is 279 g/mol. The Balaban J connectivity index is 2.01. The summed E-state index contributed by atoms with van der Waals surface area (Å²) < 4.78 is 7.31. The Kier molecular flexibility index (Phi) is 5.06. The highest BCUT2D eigenvalue weighted by atomic mass is 16.5. The van der Waals surface area contributed by atoms with Gasteiger partial charge in [0.2, 0.25) is 0 Å². The van der Waals surface area contributed by atoms with Crippen molar-refractivity contribution >= 4 is 11.6 Å². The molecule has 1 aromatic rings. The Hall–Kier alpha value is -1.49. The molecule has 5 nitrogen and oxygen atoms in total. The number of hydrogen-bond donors (Lipinski definition) is 1. The molecular weight excluding hydrogens is 254 g/mol. The zero-order chi connectivity index (χ0) is 14.5. The lowest BCUT2D eigenvalue weighted by Gasteiger charge is -2.27. The van der Waals surface area contributed by atoms with E-state index in [2.05, 4.69) is 6.92 Å². The molecule has 1 aromatic heterocycles. The lowest BCUT2D eigenvalue weighted by Crippen LogP contribution is -2.35. The van der Waals surface area contributed by atoms with Crippen LogP contribution >= 0.6 is 0 Å². The van der Waals surface area contributed by atoms with E-state index < -0.39 is 0 Å². The van der Waals surface area contributed by atoms with Crippen LogP contribution in [0.1, 0.15) is 36.7 Å². The van der Waals surface area contributed by atoms with Gasteiger partial charge in [0.15, 0.2) is 0 Å². The zero-order valence-corrected chi connectivity index (χ0v) is 12.5. The van der Waals surface area contributed by atoms with Gasteiger partial charge in [-0.25, -0.2) is 0 Å². The summed E-state index contributed by atoms with van der Waals surface area (Å²) >= 11 is 0. The van der Waals surface area contributed by atoms with Crippen LogP contribution in [0.4, 0.5) is 5.69 Å². The highest BCUT2D eigenvalue weighted by Crippen LogP contribution is 2.18. The summed E-state index contributed by atoms with van der Waals surface area (Å²) in [5.74, 6) is 0.603. The third-order valence-corrected chi connectivity index (χ3v) is 3.82. The maximum absolute atomic E-state index is 12.5. The second-order valence-electron chi connectivity index (χ2n) is 5.59. The molecule has 0 unspecified atom stereocenters. The number of hydrogen-bond acceptors (Lipinski definition) is 3. The van der Waals surface area contributed by atoms with Crippen molar-refractivity contribution in [1.29, 1.82) is 0 Å². The quantitative estimate of drug-likeness (QED) is 0.896. The Labute approximate surface area is 120 Å². The van der Waals surface area contributed by atoms with Gasteiger partial charge in [0.1, 0.15) is 5.69 Å². The molecule has 5 heteroatoms. The first-order valence-corrected chi connectivity index (χ1v) is 7.40. The first-order valence-electron chi connectivity index (χ1n) is 7.40. The molecule has 0 spiro atoms. The van der Waals surface area contributed by atoms with Crippen molar-refractivity contribution in [2.45, 2.75) is 32.7 Å². The number of nitrogen functional groups attached to an aromatic ring is 1. The van der Waals surface area contributed by atoms with Crippen molar-refractivity contribution in [3.63, 3.8) is 0 Å². The highest BCUT2D eigenvalue weighted by molar-refractivity contribution is 5.93. The average Bonchev–Trinajstić information content (AvgIpc) is 2.80. The maximum atomic E-state index is 12.5. The van der Waals surface area contributed by atoms with E-state index in [1.807, 2.05) is 22.7 Å². The number of anilines is 1. The van der Waals surface area contributed by atoms with E-state index in [1.165, 1.54) is 0 Å². The van der Waals surface area contributed by atoms with E-state index in [9.17, 15) is 4.79 Å². The molecule has 2 rings (SSSR count). The number of aryl methyl sites for hydroxylation is 1. The molecule has 0 saturated carbocycles. The topological polar surface area (TPSA) is 60.5 Å². The van der Waals surface area contributed by atoms with Crippen molar-refractivity contribution in [3.8, 4) is 0 Å². The number of aromatic nitrogens is 1. The van der Waals surface area contributed by atoms with E-state index in [1.54, 1.807) is 6.07 Å². The molecule has 0 atom stereocenters. The molecule has 2 heterocycles. The maximum Gasteiger partial charge on any atom is 0.270 e. The largest absolute Gasteiger partial charge is 0.397 e. The fourth-order valence-corrected chi connectivity index (χ4v) is 2.73. The lowest BCUT2D eigenvalue weighted by molar-refractivity contribution is 0.0493. The SMILES string of the molecule is CCCn1cc(N)cc1C(=O)N(C)CC1CCOCC1. The normalized spacial score (nSPS) is 16.3. The van der Waals surface area contributed by atoms with Gasteiger partial charge in [-0.15, -0.1) is 0 Å². The summed E-state index contributed by atoms with van der Waals surface area (Å²) in [6.45, 7) is 5.33. The van der Waals surface area contributed by atoms with Gasteiger partial charge < -0.3 is 19.9 Å². The molecule has 1 saturated heterocycles. The van der Waals surface area contributed by atoms with Crippen molar-refractivity contribution in [3.05, 3.63) is 18.0 Å². The van der Waals surface area contributed by atoms with Crippen LogP contribution in [0.5, 0.6) is 0 Å². The van der Waals surface area contributed by atoms with Gasteiger partial charge in [-0.1, -0.05) is 6.92 Å². The summed E-state index contributed by atoms with van der Waals surface area (Å²) in [5.41, 5.74) is 7.17. The summed E-state index contributed by atoms with van der Waals surface area (Å²) in [4.78, 5) is 14.4.